The molecule has 0 unspecified atom stereocenters. The third kappa shape index (κ3) is 5.65. The van der Waals surface area contributed by atoms with Gasteiger partial charge in [-0.2, -0.15) is 0 Å². The van der Waals surface area contributed by atoms with Crippen molar-refractivity contribution < 1.29 is 4.79 Å². The highest BCUT2D eigenvalue weighted by atomic mass is 32.1. The van der Waals surface area contributed by atoms with Crippen LogP contribution in [0.15, 0.2) is 36.5 Å². The van der Waals surface area contributed by atoms with E-state index in [1.165, 1.54) is 9.75 Å². The summed E-state index contributed by atoms with van der Waals surface area (Å²) in [6, 6.07) is 10.8. The van der Waals surface area contributed by atoms with Gasteiger partial charge in [0.1, 0.15) is 0 Å². The van der Waals surface area contributed by atoms with Crippen LogP contribution in [0.5, 0.6) is 0 Å². The first-order valence-electron chi connectivity index (χ1n) is 9.07. The Hall–Kier alpha value is -1.72. The zero-order chi connectivity index (χ0) is 17.6. The van der Waals surface area contributed by atoms with Crippen molar-refractivity contribution >= 4 is 17.2 Å². The average Bonchev–Trinajstić information content (AvgIpc) is 3.17. The number of nitrogens with zero attached hydrogens (tertiary/aromatic N) is 2. The fourth-order valence-electron chi connectivity index (χ4n) is 3.27. The van der Waals surface area contributed by atoms with Gasteiger partial charge in [-0.3, -0.25) is 14.7 Å². The van der Waals surface area contributed by atoms with Crippen LogP contribution < -0.4 is 5.32 Å². The topological polar surface area (TPSA) is 45.2 Å². The van der Waals surface area contributed by atoms with Gasteiger partial charge in [-0.05, 0) is 43.0 Å². The van der Waals surface area contributed by atoms with Gasteiger partial charge in [-0.15, -0.1) is 11.3 Å². The fourth-order valence-corrected chi connectivity index (χ4v) is 4.54. The molecule has 1 aliphatic heterocycles. The number of hydrogen-bond donors (Lipinski definition) is 1. The van der Waals surface area contributed by atoms with E-state index in [1.807, 2.05) is 29.7 Å². The van der Waals surface area contributed by atoms with Gasteiger partial charge in [0, 0.05) is 48.0 Å². The SMILES string of the molecule is CC(C)Cc1ccc(CN(Cc2ccccn2)C[C@@H]2CCC(=O)N2)s1. The van der Waals surface area contributed by atoms with Crippen molar-refractivity contribution in [2.45, 2.75) is 52.2 Å². The van der Waals surface area contributed by atoms with E-state index in [1.54, 1.807) is 0 Å². The Labute approximate surface area is 154 Å². The van der Waals surface area contributed by atoms with Crippen molar-refractivity contribution in [2.24, 2.45) is 5.92 Å². The first kappa shape index (κ1) is 18.1. The molecule has 2 aromatic rings. The number of thiophene rings is 1. The highest BCUT2D eigenvalue weighted by Crippen LogP contribution is 2.22. The van der Waals surface area contributed by atoms with Crippen LogP contribution in [0, 0.1) is 5.92 Å². The predicted octanol–water partition coefficient (Wildman–Crippen LogP) is 3.62. The van der Waals surface area contributed by atoms with E-state index in [9.17, 15) is 4.79 Å². The van der Waals surface area contributed by atoms with Crippen LogP contribution in [0.25, 0.3) is 0 Å². The molecule has 1 saturated heterocycles. The summed E-state index contributed by atoms with van der Waals surface area (Å²) in [6.07, 6.45) is 4.57. The number of aromatic nitrogens is 1. The maximum Gasteiger partial charge on any atom is 0.220 e. The number of pyridine rings is 1. The summed E-state index contributed by atoms with van der Waals surface area (Å²) in [5, 5.41) is 3.09. The van der Waals surface area contributed by atoms with Crippen LogP contribution in [0.4, 0.5) is 0 Å². The van der Waals surface area contributed by atoms with Gasteiger partial charge >= 0.3 is 0 Å². The Balaban J connectivity index is 1.66. The van der Waals surface area contributed by atoms with Gasteiger partial charge in [0.05, 0.1) is 5.69 Å². The van der Waals surface area contributed by atoms with Crippen LogP contribution in [0.3, 0.4) is 0 Å². The molecule has 1 amide bonds. The van der Waals surface area contributed by atoms with E-state index in [4.69, 9.17) is 0 Å². The van der Waals surface area contributed by atoms with E-state index < -0.39 is 0 Å². The summed E-state index contributed by atoms with van der Waals surface area (Å²) >= 11 is 1.91. The lowest BCUT2D eigenvalue weighted by Gasteiger charge is -2.24. The van der Waals surface area contributed by atoms with E-state index in [0.717, 1.165) is 38.2 Å². The molecule has 0 aliphatic carbocycles. The van der Waals surface area contributed by atoms with Crippen LogP contribution in [-0.2, 0) is 24.3 Å². The second-order valence-corrected chi connectivity index (χ2v) is 8.51. The first-order valence-corrected chi connectivity index (χ1v) is 9.89. The normalized spacial score (nSPS) is 17.4. The maximum absolute atomic E-state index is 11.5. The number of rotatable bonds is 8. The van der Waals surface area contributed by atoms with Gasteiger partial charge < -0.3 is 5.32 Å². The van der Waals surface area contributed by atoms with Crippen LogP contribution >= 0.6 is 11.3 Å². The molecule has 2 aromatic heterocycles. The molecule has 3 heterocycles. The van der Waals surface area contributed by atoms with E-state index >= 15 is 0 Å². The lowest BCUT2D eigenvalue weighted by molar-refractivity contribution is -0.119. The second-order valence-electron chi connectivity index (χ2n) is 7.26. The minimum atomic E-state index is 0.179. The van der Waals surface area contributed by atoms with Crippen molar-refractivity contribution in [3.8, 4) is 0 Å². The van der Waals surface area contributed by atoms with E-state index in [0.29, 0.717) is 12.3 Å². The van der Waals surface area contributed by atoms with Gasteiger partial charge in [-0.25, -0.2) is 0 Å². The van der Waals surface area contributed by atoms with Gasteiger partial charge in [0.25, 0.3) is 0 Å². The standard InChI is InChI=1S/C20H27N3OS/c1-15(2)11-18-7-8-19(25-18)14-23(12-16-5-3-4-10-21-16)13-17-6-9-20(24)22-17/h3-5,7-8,10,15,17H,6,9,11-14H2,1-2H3,(H,22,24)/t17-/m0/s1. The third-order valence-electron chi connectivity index (χ3n) is 4.38. The number of nitrogens with one attached hydrogen (secondary N) is 1. The summed E-state index contributed by atoms with van der Waals surface area (Å²) in [7, 11) is 0. The predicted molar refractivity (Wildman–Crippen MR) is 102 cm³/mol. The van der Waals surface area contributed by atoms with Crippen LogP contribution in [0.2, 0.25) is 0 Å². The molecule has 0 bridgehead atoms. The zero-order valence-electron chi connectivity index (χ0n) is 15.1. The Morgan fingerprint density at radius 1 is 1.24 bits per heavy atom. The highest BCUT2D eigenvalue weighted by molar-refractivity contribution is 7.11. The molecule has 3 rings (SSSR count). The molecule has 134 valence electrons. The molecule has 5 heteroatoms. The number of amides is 1. The van der Waals surface area contributed by atoms with Crippen molar-refractivity contribution in [3.63, 3.8) is 0 Å². The molecule has 1 atom stereocenters. The van der Waals surface area contributed by atoms with Gasteiger partial charge in [0.15, 0.2) is 0 Å². The van der Waals surface area contributed by atoms with Crippen LogP contribution in [-0.4, -0.2) is 28.4 Å². The fraction of sp³-hybridized carbons (Fsp3) is 0.500. The summed E-state index contributed by atoms with van der Waals surface area (Å²) in [6.45, 7) is 7.11. The van der Waals surface area contributed by atoms with E-state index in [2.05, 4.69) is 47.2 Å². The molecule has 0 radical (unpaired) electrons. The summed E-state index contributed by atoms with van der Waals surface area (Å²) in [5.74, 6) is 0.864. The second kappa shape index (κ2) is 8.59. The van der Waals surface area contributed by atoms with Crippen LogP contribution in [0.1, 0.15) is 42.1 Å². The largest absolute Gasteiger partial charge is 0.352 e. The van der Waals surface area contributed by atoms with Crippen molar-refractivity contribution in [2.75, 3.05) is 6.54 Å². The molecule has 4 nitrogen and oxygen atoms in total. The molecular weight excluding hydrogens is 330 g/mol. The minimum absolute atomic E-state index is 0.179. The molecule has 0 saturated carbocycles. The Kier molecular flexibility index (Phi) is 6.21. The number of hydrogen-bond acceptors (Lipinski definition) is 4. The Morgan fingerprint density at radius 2 is 2.08 bits per heavy atom. The minimum Gasteiger partial charge on any atom is -0.352 e. The molecule has 1 aliphatic rings. The highest BCUT2D eigenvalue weighted by Gasteiger charge is 2.23. The van der Waals surface area contributed by atoms with Crippen molar-refractivity contribution in [1.29, 1.82) is 0 Å². The van der Waals surface area contributed by atoms with E-state index in [-0.39, 0.29) is 11.9 Å². The first-order chi connectivity index (χ1) is 12.1. The maximum atomic E-state index is 11.5. The number of carbonyl (C=O) groups is 1. The molecule has 1 N–H and O–H groups in total. The Bertz CT molecular complexity index is 683. The molecule has 1 fully saturated rings. The number of carbonyl (C=O) groups excluding carboxylic acids is 1. The Morgan fingerprint density at radius 3 is 2.76 bits per heavy atom. The van der Waals surface area contributed by atoms with Gasteiger partial charge in [-0.1, -0.05) is 19.9 Å². The lowest BCUT2D eigenvalue weighted by atomic mass is 10.1. The summed E-state index contributed by atoms with van der Waals surface area (Å²) < 4.78 is 0. The zero-order valence-corrected chi connectivity index (χ0v) is 15.9. The van der Waals surface area contributed by atoms with Gasteiger partial charge in [0.2, 0.25) is 5.91 Å². The third-order valence-corrected chi connectivity index (χ3v) is 5.47. The summed E-state index contributed by atoms with van der Waals surface area (Å²) in [5.41, 5.74) is 1.07. The lowest BCUT2D eigenvalue weighted by Crippen LogP contribution is -2.38. The molecule has 0 spiro atoms. The summed E-state index contributed by atoms with van der Waals surface area (Å²) in [4.78, 5) is 21.2. The monoisotopic (exact) mass is 357 g/mol. The quantitative estimate of drug-likeness (QED) is 0.785. The van der Waals surface area contributed by atoms with Crippen molar-refractivity contribution in [3.05, 3.63) is 52.0 Å². The molecule has 25 heavy (non-hydrogen) atoms. The average molecular weight is 358 g/mol. The van der Waals surface area contributed by atoms with Crippen molar-refractivity contribution in [1.82, 2.24) is 15.2 Å². The molecular formula is C20H27N3OS. The smallest absolute Gasteiger partial charge is 0.220 e. The molecule has 0 aromatic carbocycles.